The fourth-order valence-electron chi connectivity index (χ4n) is 0.639. The summed E-state index contributed by atoms with van der Waals surface area (Å²) in [5.41, 5.74) is 0.0279. The van der Waals surface area contributed by atoms with Gasteiger partial charge in [-0.15, -0.1) is 0 Å². The van der Waals surface area contributed by atoms with Gasteiger partial charge in [-0.05, 0) is 13.8 Å². The second-order valence-electron chi connectivity index (χ2n) is 2.85. The third-order valence-electron chi connectivity index (χ3n) is 1.54. The van der Waals surface area contributed by atoms with Crippen LogP contribution in [0.1, 0.15) is 13.8 Å². The Morgan fingerprint density at radius 1 is 0.944 bits per heavy atom. The summed E-state index contributed by atoms with van der Waals surface area (Å²) in [6.07, 6.45) is 2.56. The van der Waals surface area contributed by atoms with Gasteiger partial charge in [0, 0.05) is 34.4 Å². The van der Waals surface area contributed by atoms with E-state index in [4.69, 9.17) is 10.5 Å². The molecule has 0 aliphatic heterocycles. The number of nitrogens with zero attached hydrogens (tertiary/aromatic N) is 2. The summed E-state index contributed by atoms with van der Waals surface area (Å²) in [7, 11) is 2.18. The normalized spacial score (nSPS) is 11.1. The summed E-state index contributed by atoms with van der Waals surface area (Å²) in [6.45, 7) is 2.59. The summed E-state index contributed by atoms with van der Waals surface area (Å²) in [4.78, 5) is 21.7. The van der Waals surface area contributed by atoms with E-state index in [1.807, 2.05) is 0 Å². The molecule has 8 heteroatoms. The van der Waals surface area contributed by atoms with E-state index in [1.165, 1.54) is 26.2 Å². The fraction of sp³-hybridized carbons (Fsp3) is 0.200. The molecule has 0 saturated heterocycles. The van der Waals surface area contributed by atoms with Crippen molar-refractivity contribution >= 4 is 33.5 Å². The van der Waals surface area contributed by atoms with Crippen molar-refractivity contribution in [1.82, 2.24) is 9.44 Å². The van der Waals surface area contributed by atoms with Gasteiger partial charge < -0.3 is 9.44 Å². The predicted octanol–water partition coefficient (Wildman–Crippen LogP) is 1.37. The van der Waals surface area contributed by atoms with Crippen molar-refractivity contribution in [3.8, 4) is 12.1 Å². The molecule has 0 bridgehead atoms. The molecule has 0 aromatic heterocycles. The Hall–Kier alpha value is -1.90. The van der Waals surface area contributed by atoms with Crippen LogP contribution < -0.4 is 9.44 Å². The molecule has 0 aromatic rings. The van der Waals surface area contributed by atoms with Gasteiger partial charge in [-0.25, -0.2) is 0 Å². The third-order valence-corrected chi connectivity index (χ3v) is 2.88. The summed E-state index contributed by atoms with van der Waals surface area (Å²) in [6, 6.07) is 3.48. The van der Waals surface area contributed by atoms with Crippen LogP contribution in [-0.2, 0) is 9.59 Å². The molecule has 0 aliphatic carbocycles. The van der Waals surface area contributed by atoms with Crippen molar-refractivity contribution in [2.75, 3.05) is 0 Å². The van der Waals surface area contributed by atoms with Gasteiger partial charge in [0.25, 0.3) is 0 Å². The van der Waals surface area contributed by atoms with Gasteiger partial charge in [0.1, 0.15) is 23.3 Å². The molecule has 0 atom stereocenters. The molecule has 0 rings (SSSR count). The van der Waals surface area contributed by atoms with Crippen molar-refractivity contribution in [3.05, 3.63) is 23.5 Å². The molecule has 0 spiro atoms. The molecule has 0 heterocycles. The van der Waals surface area contributed by atoms with Gasteiger partial charge in [-0.3, -0.25) is 9.59 Å². The standard InChI is InChI=1S/C10H10N4O2S2/c1-7(15)9(3-11)5-13-17-18-14-6-10(4-12)8(2)16/h5-6,13-14H,1-2H3/b9-5-,10-6+. The summed E-state index contributed by atoms with van der Waals surface area (Å²) < 4.78 is 5.31. The average molecular weight is 282 g/mol. The molecule has 18 heavy (non-hydrogen) atoms. The van der Waals surface area contributed by atoms with Crippen LogP contribution in [0.25, 0.3) is 0 Å². The SMILES string of the molecule is CC(=O)/C(C#N)=C\NSSN/C=C(\C#N)C(C)=O. The zero-order chi connectivity index (χ0) is 14.0. The van der Waals surface area contributed by atoms with Crippen LogP contribution in [0.4, 0.5) is 0 Å². The number of carbonyl (C=O) groups excluding carboxylic acids is 2. The number of hydrogen-bond donors (Lipinski definition) is 2. The van der Waals surface area contributed by atoms with Crippen LogP contribution in [0.5, 0.6) is 0 Å². The number of ketones is 2. The second-order valence-corrected chi connectivity index (χ2v) is 4.66. The second kappa shape index (κ2) is 9.16. The molecule has 94 valence electrons. The van der Waals surface area contributed by atoms with Crippen molar-refractivity contribution in [2.45, 2.75) is 13.8 Å². The van der Waals surface area contributed by atoms with E-state index in [0.29, 0.717) is 0 Å². The quantitative estimate of drug-likeness (QED) is 0.237. The van der Waals surface area contributed by atoms with E-state index < -0.39 is 0 Å². The smallest absolute Gasteiger partial charge is 0.171 e. The van der Waals surface area contributed by atoms with Gasteiger partial charge in [0.05, 0.1) is 0 Å². The Morgan fingerprint density at radius 2 is 1.28 bits per heavy atom. The minimum atomic E-state index is -0.327. The lowest BCUT2D eigenvalue weighted by atomic mass is 10.2. The van der Waals surface area contributed by atoms with Gasteiger partial charge in [-0.1, -0.05) is 0 Å². The Labute approximate surface area is 113 Å². The van der Waals surface area contributed by atoms with Crippen molar-refractivity contribution in [1.29, 1.82) is 10.5 Å². The first-order chi connectivity index (χ1) is 8.52. The minimum Gasteiger partial charge on any atom is -0.325 e. The van der Waals surface area contributed by atoms with Crippen molar-refractivity contribution in [3.63, 3.8) is 0 Å². The molecule has 0 aromatic carbocycles. The Balaban J connectivity index is 4.04. The number of nitrogens with one attached hydrogen (secondary N) is 2. The number of nitriles is 2. The zero-order valence-electron chi connectivity index (χ0n) is 9.68. The monoisotopic (exact) mass is 282 g/mol. The fourth-order valence-corrected chi connectivity index (χ4v) is 1.64. The molecular weight excluding hydrogens is 272 g/mol. The maximum absolute atomic E-state index is 10.9. The summed E-state index contributed by atoms with van der Waals surface area (Å²) in [5, 5.41) is 17.1. The first kappa shape index (κ1) is 16.1. The Bertz CT molecular complexity index is 427. The third kappa shape index (κ3) is 6.63. The van der Waals surface area contributed by atoms with Gasteiger partial charge in [0.2, 0.25) is 0 Å². The maximum Gasteiger partial charge on any atom is 0.171 e. The van der Waals surface area contributed by atoms with Crippen LogP contribution in [0, 0.1) is 22.7 Å². The summed E-state index contributed by atoms with van der Waals surface area (Å²) in [5.74, 6) is -0.654. The highest BCUT2D eigenvalue weighted by molar-refractivity contribution is 8.75. The molecule has 0 unspecified atom stereocenters. The van der Waals surface area contributed by atoms with Crippen LogP contribution in [0.15, 0.2) is 23.5 Å². The minimum absolute atomic E-state index is 0.0140. The highest BCUT2D eigenvalue weighted by atomic mass is 33.1. The van der Waals surface area contributed by atoms with Gasteiger partial charge in [-0.2, -0.15) is 10.5 Å². The average Bonchev–Trinajstić information content (AvgIpc) is 2.32. The van der Waals surface area contributed by atoms with E-state index in [-0.39, 0.29) is 22.7 Å². The number of allylic oxidation sites excluding steroid dienone is 2. The van der Waals surface area contributed by atoms with E-state index in [2.05, 4.69) is 9.44 Å². The Morgan fingerprint density at radius 3 is 1.50 bits per heavy atom. The largest absolute Gasteiger partial charge is 0.325 e. The number of Topliss-reactive ketones (excluding diaryl/α,β-unsaturated/α-hetero) is 2. The number of carbonyl (C=O) groups is 2. The van der Waals surface area contributed by atoms with Crippen molar-refractivity contribution < 1.29 is 9.59 Å². The molecule has 0 fully saturated rings. The van der Waals surface area contributed by atoms with E-state index >= 15 is 0 Å². The highest BCUT2D eigenvalue weighted by Gasteiger charge is 2.01. The molecule has 0 amide bonds. The molecule has 0 aliphatic rings. The lowest BCUT2D eigenvalue weighted by molar-refractivity contribution is -0.114. The van der Waals surface area contributed by atoms with Crippen LogP contribution in [0.3, 0.4) is 0 Å². The highest BCUT2D eigenvalue weighted by Crippen LogP contribution is 2.13. The van der Waals surface area contributed by atoms with Crippen LogP contribution >= 0.6 is 22.0 Å². The topological polar surface area (TPSA) is 106 Å². The number of rotatable bonds is 7. The first-order valence-corrected chi connectivity index (χ1v) is 6.73. The van der Waals surface area contributed by atoms with Crippen LogP contribution in [-0.4, -0.2) is 11.6 Å². The summed E-state index contributed by atoms with van der Waals surface area (Å²) >= 11 is 0. The maximum atomic E-state index is 10.9. The zero-order valence-corrected chi connectivity index (χ0v) is 11.3. The van der Waals surface area contributed by atoms with Gasteiger partial charge in [0.15, 0.2) is 11.6 Å². The van der Waals surface area contributed by atoms with E-state index in [0.717, 1.165) is 22.0 Å². The van der Waals surface area contributed by atoms with E-state index in [9.17, 15) is 9.59 Å². The van der Waals surface area contributed by atoms with E-state index in [1.54, 1.807) is 12.1 Å². The first-order valence-electron chi connectivity index (χ1n) is 4.59. The Kier molecular flexibility index (Phi) is 8.20. The van der Waals surface area contributed by atoms with Gasteiger partial charge >= 0.3 is 0 Å². The molecule has 6 nitrogen and oxygen atoms in total. The molecular formula is C10H10N4O2S2. The lowest BCUT2D eigenvalue weighted by Gasteiger charge is -1.99. The predicted molar refractivity (Wildman–Crippen MR) is 70.2 cm³/mol. The molecule has 0 radical (unpaired) electrons. The molecule has 2 N–H and O–H groups in total. The lowest BCUT2D eigenvalue weighted by Crippen LogP contribution is -2.02. The molecule has 0 saturated carbocycles. The van der Waals surface area contributed by atoms with Crippen molar-refractivity contribution in [2.24, 2.45) is 0 Å². The van der Waals surface area contributed by atoms with Crippen LogP contribution in [0.2, 0.25) is 0 Å². The number of hydrogen-bond acceptors (Lipinski definition) is 8.